The third-order valence-electron chi connectivity index (χ3n) is 6.01. The Labute approximate surface area is 147 Å². The molecule has 3 nitrogen and oxygen atoms in total. The fraction of sp³-hybridized carbons (Fsp3) is 0.947. The lowest BCUT2D eigenvalue weighted by atomic mass is 9.86. The summed E-state index contributed by atoms with van der Waals surface area (Å²) in [5.74, 6) is 1.39. The molecule has 0 aromatic heterocycles. The summed E-state index contributed by atoms with van der Waals surface area (Å²) >= 11 is 0. The summed E-state index contributed by atoms with van der Waals surface area (Å²) in [7, 11) is 0. The van der Waals surface area contributed by atoms with Crippen molar-refractivity contribution < 1.29 is 9.53 Å². The Morgan fingerprint density at radius 3 is 2.48 bits per heavy atom. The van der Waals surface area contributed by atoms with Crippen LogP contribution in [0, 0.1) is 5.92 Å². The summed E-state index contributed by atoms with van der Waals surface area (Å²) in [5.41, 5.74) is 0. The highest BCUT2D eigenvalue weighted by Gasteiger charge is 2.34. The minimum absolute atomic E-state index is 0. The molecule has 0 radical (unpaired) electrons. The van der Waals surface area contributed by atoms with E-state index in [0.717, 1.165) is 25.5 Å². The molecule has 2 aliphatic carbocycles. The molecule has 3 aliphatic rings. The van der Waals surface area contributed by atoms with E-state index in [1.54, 1.807) is 0 Å². The number of ketones is 1. The van der Waals surface area contributed by atoms with E-state index >= 15 is 0 Å². The van der Waals surface area contributed by atoms with Gasteiger partial charge in [-0.25, -0.2) is 0 Å². The van der Waals surface area contributed by atoms with Gasteiger partial charge in [0.25, 0.3) is 0 Å². The molecular weight excluding hydrogens is 310 g/mol. The van der Waals surface area contributed by atoms with Crippen LogP contribution in [0.15, 0.2) is 0 Å². The molecule has 0 spiro atoms. The molecule has 2 atom stereocenters. The summed E-state index contributed by atoms with van der Waals surface area (Å²) < 4.78 is 6.28. The van der Waals surface area contributed by atoms with Crippen molar-refractivity contribution in [1.29, 1.82) is 0 Å². The summed E-state index contributed by atoms with van der Waals surface area (Å²) in [6.45, 7) is 2.57. The number of halogens is 1. The standard InChI is InChI=1S/C19H33NO2.ClH/c21-17-12-13-20(15-17)18-10-4-5-11-19(18)22-14-6-9-16-7-2-1-3-8-16;/h16,18-19H,1-15H2;1H/t18-,19-;/m1./s1. The van der Waals surface area contributed by atoms with Crippen LogP contribution in [-0.2, 0) is 9.53 Å². The first kappa shape index (κ1) is 19.2. The van der Waals surface area contributed by atoms with Gasteiger partial charge in [-0.1, -0.05) is 44.9 Å². The van der Waals surface area contributed by atoms with Crippen LogP contribution in [0.3, 0.4) is 0 Å². The highest BCUT2D eigenvalue weighted by Crippen LogP contribution is 2.29. The molecule has 0 aromatic carbocycles. The Bertz CT molecular complexity index is 357. The van der Waals surface area contributed by atoms with E-state index in [4.69, 9.17) is 4.74 Å². The monoisotopic (exact) mass is 343 g/mol. The van der Waals surface area contributed by atoms with Crippen molar-refractivity contribution >= 4 is 18.2 Å². The predicted molar refractivity (Wildman–Crippen MR) is 96.3 cm³/mol. The third kappa shape index (κ3) is 5.72. The van der Waals surface area contributed by atoms with Gasteiger partial charge in [-0.15, -0.1) is 12.4 Å². The first-order valence-electron chi connectivity index (χ1n) is 9.70. The van der Waals surface area contributed by atoms with Crippen molar-refractivity contribution in [3.63, 3.8) is 0 Å². The maximum Gasteiger partial charge on any atom is 0.148 e. The van der Waals surface area contributed by atoms with Gasteiger partial charge < -0.3 is 4.74 Å². The first-order chi connectivity index (χ1) is 10.8. The Morgan fingerprint density at radius 2 is 1.74 bits per heavy atom. The van der Waals surface area contributed by atoms with Crippen molar-refractivity contribution in [1.82, 2.24) is 4.90 Å². The van der Waals surface area contributed by atoms with Crippen molar-refractivity contribution in [3.05, 3.63) is 0 Å². The maximum absolute atomic E-state index is 11.6. The average Bonchev–Trinajstić information content (AvgIpc) is 2.99. The number of carbonyl (C=O) groups is 1. The van der Waals surface area contributed by atoms with E-state index in [2.05, 4.69) is 4.90 Å². The van der Waals surface area contributed by atoms with Gasteiger partial charge >= 0.3 is 0 Å². The molecule has 1 saturated heterocycles. The molecule has 0 N–H and O–H groups in total. The molecule has 1 aliphatic heterocycles. The van der Waals surface area contributed by atoms with Crippen LogP contribution in [0.2, 0.25) is 0 Å². The van der Waals surface area contributed by atoms with Gasteiger partial charge in [0.2, 0.25) is 0 Å². The largest absolute Gasteiger partial charge is 0.377 e. The highest BCUT2D eigenvalue weighted by molar-refractivity contribution is 5.85. The van der Waals surface area contributed by atoms with Gasteiger partial charge in [0.05, 0.1) is 12.6 Å². The van der Waals surface area contributed by atoms with E-state index in [0.29, 0.717) is 24.5 Å². The number of hydrogen-bond donors (Lipinski definition) is 0. The van der Waals surface area contributed by atoms with E-state index in [9.17, 15) is 4.79 Å². The number of ether oxygens (including phenoxy) is 1. The van der Waals surface area contributed by atoms with E-state index < -0.39 is 0 Å². The number of nitrogens with zero attached hydrogens (tertiary/aromatic N) is 1. The van der Waals surface area contributed by atoms with Gasteiger partial charge in [0.1, 0.15) is 5.78 Å². The van der Waals surface area contributed by atoms with Crippen LogP contribution in [-0.4, -0.2) is 42.5 Å². The summed E-state index contributed by atoms with van der Waals surface area (Å²) in [6.07, 6.45) is 16.0. The average molecular weight is 344 g/mol. The fourth-order valence-electron chi connectivity index (χ4n) is 4.71. The van der Waals surface area contributed by atoms with Crippen molar-refractivity contribution in [2.75, 3.05) is 19.7 Å². The third-order valence-corrected chi connectivity index (χ3v) is 6.01. The molecule has 0 amide bonds. The van der Waals surface area contributed by atoms with Crippen molar-refractivity contribution in [2.24, 2.45) is 5.92 Å². The van der Waals surface area contributed by atoms with E-state index in [1.807, 2.05) is 0 Å². The Kier molecular flexibility index (Phi) is 8.35. The SMILES string of the molecule is Cl.O=C1CCN([C@@H]2CCCC[C@H]2OCCCC2CCCCC2)C1. The minimum atomic E-state index is 0. The molecule has 2 saturated carbocycles. The lowest BCUT2D eigenvalue weighted by Crippen LogP contribution is -2.45. The summed E-state index contributed by atoms with van der Waals surface area (Å²) in [5, 5.41) is 0. The predicted octanol–water partition coefficient (Wildman–Crippen LogP) is 4.37. The quantitative estimate of drug-likeness (QED) is 0.670. The van der Waals surface area contributed by atoms with Crippen LogP contribution in [0.1, 0.15) is 77.0 Å². The van der Waals surface area contributed by atoms with Crippen LogP contribution in [0.4, 0.5) is 0 Å². The molecule has 1 heterocycles. The number of carbonyl (C=O) groups excluding carboxylic acids is 1. The molecule has 3 fully saturated rings. The minimum Gasteiger partial charge on any atom is -0.377 e. The van der Waals surface area contributed by atoms with Gasteiger partial charge in [-0.05, 0) is 31.6 Å². The highest BCUT2D eigenvalue weighted by atomic mass is 35.5. The lowest BCUT2D eigenvalue weighted by Gasteiger charge is -2.37. The normalized spacial score (nSPS) is 30.3. The molecule has 0 aromatic rings. The smallest absolute Gasteiger partial charge is 0.148 e. The number of likely N-dealkylation sites (tertiary alicyclic amines) is 1. The van der Waals surface area contributed by atoms with Crippen LogP contribution >= 0.6 is 12.4 Å². The van der Waals surface area contributed by atoms with E-state index in [1.165, 1.54) is 70.6 Å². The topological polar surface area (TPSA) is 29.5 Å². The van der Waals surface area contributed by atoms with Crippen molar-refractivity contribution in [3.8, 4) is 0 Å². The van der Waals surface area contributed by atoms with Crippen LogP contribution in [0.5, 0.6) is 0 Å². The second-order valence-electron chi connectivity index (χ2n) is 7.67. The molecule has 3 rings (SSSR count). The molecule has 134 valence electrons. The zero-order valence-corrected chi connectivity index (χ0v) is 15.3. The van der Waals surface area contributed by atoms with E-state index in [-0.39, 0.29) is 12.4 Å². The van der Waals surface area contributed by atoms with Gasteiger partial charge in [-0.2, -0.15) is 0 Å². The lowest BCUT2D eigenvalue weighted by molar-refractivity contribution is -0.117. The number of hydrogen-bond acceptors (Lipinski definition) is 3. The molecule has 23 heavy (non-hydrogen) atoms. The molecule has 0 bridgehead atoms. The maximum atomic E-state index is 11.6. The van der Waals surface area contributed by atoms with Crippen LogP contribution < -0.4 is 0 Å². The zero-order chi connectivity index (χ0) is 15.2. The van der Waals surface area contributed by atoms with Gasteiger partial charge in [0, 0.05) is 25.6 Å². The second-order valence-corrected chi connectivity index (χ2v) is 7.67. The zero-order valence-electron chi connectivity index (χ0n) is 14.5. The Morgan fingerprint density at radius 1 is 1.00 bits per heavy atom. The number of rotatable bonds is 6. The first-order valence-corrected chi connectivity index (χ1v) is 9.70. The fourth-order valence-corrected chi connectivity index (χ4v) is 4.71. The Hall–Kier alpha value is -0.120. The molecule has 0 unspecified atom stereocenters. The van der Waals surface area contributed by atoms with Gasteiger partial charge in [-0.3, -0.25) is 9.69 Å². The number of Topliss-reactive ketones (excluding diaryl/α,β-unsaturated/α-hetero) is 1. The molecule has 4 heteroatoms. The molecular formula is C19H34ClNO2. The summed E-state index contributed by atoms with van der Waals surface area (Å²) in [4.78, 5) is 14.0. The van der Waals surface area contributed by atoms with Gasteiger partial charge in [0.15, 0.2) is 0 Å². The Balaban J connectivity index is 0.00000192. The van der Waals surface area contributed by atoms with Crippen LogP contribution in [0.25, 0.3) is 0 Å². The van der Waals surface area contributed by atoms with Crippen molar-refractivity contribution in [2.45, 2.75) is 89.2 Å². The summed E-state index contributed by atoms with van der Waals surface area (Å²) in [6, 6.07) is 0.509. The second kappa shape index (κ2) is 10.0.